The molecule has 16 heavy (non-hydrogen) atoms. The predicted molar refractivity (Wildman–Crippen MR) is 70.2 cm³/mol. The van der Waals surface area contributed by atoms with Crippen LogP contribution >= 0.6 is 11.6 Å². The summed E-state index contributed by atoms with van der Waals surface area (Å²) >= 11 is 6.04. The van der Waals surface area contributed by atoms with Gasteiger partial charge in [0.05, 0.1) is 0 Å². The summed E-state index contributed by atoms with van der Waals surface area (Å²) < 4.78 is 0. The largest absolute Gasteiger partial charge is 0.371 e. The van der Waals surface area contributed by atoms with Crippen molar-refractivity contribution in [2.24, 2.45) is 5.73 Å². The van der Waals surface area contributed by atoms with Crippen molar-refractivity contribution in [3.8, 4) is 0 Å². The number of hydrogen-bond acceptors (Lipinski definition) is 2. The molecular formula is C13H19ClN2. The highest BCUT2D eigenvalue weighted by Crippen LogP contribution is 2.33. The van der Waals surface area contributed by atoms with Crippen molar-refractivity contribution in [3.05, 3.63) is 28.8 Å². The molecule has 1 fully saturated rings. The number of halogens is 1. The molecule has 0 heterocycles. The van der Waals surface area contributed by atoms with Crippen LogP contribution in [0.25, 0.3) is 0 Å². The summed E-state index contributed by atoms with van der Waals surface area (Å²) in [5.41, 5.74) is 8.42. The fourth-order valence-electron chi connectivity index (χ4n) is 2.07. The van der Waals surface area contributed by atoms with Crippen molar-refractivity contribution >= 4 is 17.3 Å². The van der Waals surface area contributed by atoms with Gasteiger partial charge in [-0.15, -0.1) is 0 Å². The maximum absolute atomic E-state index is 6.04. The number of nitrogens with zero attached hydrogens (tertiary/aromatic N) is 1. The Labute approximate surface area is 102 Å². The fraction of sp³-hybridized carbons (Fsp3) is 0.538. The molecule has 0 saturated heterocycles. The minimum Gasteiger partial charge on any atom is -0.371 e. The molecule has 1 atom stereocenters. The van der Waals surface area contributed by atoms with E-state index < -0.39 is 0 Å². The van der Waals surface area contributed by atoms with Gasteiger partial charge < -0.3 is 10.6 Å². The molecule has 0 aromatic heterocycles. The Hall–Kier alpha value is -0.730. The molecule has 1 aromatic rings. The minimum atomic E-state index is 0.171. The Kier molecular flexibility index (Phi) is 3.41. The minimum absolute atomic E-state index is 0.171. The molecule has 1 saturated carbocycles. The van der Waals surface area contributed by atoms with Crippen LogP contribution in [-0.2, 0) is 6.42 Å². The number of nitrogens with two attached hydrogens (primary N) is 1. The standard InChI is InChI=1S/C13H19ClN2/c1-9(15)7-10-8-11(14)3-6-13(10)16(2)12-4-5-12/h3,6,8-9,12H,4-5,7,15H2,1-2H3. The molecule has 1 aliphatic carbocycles. The maximum atomic E-state index is 6.04. The van der Waals surface area contributed by atoms with Gasteiger partial charge in [0, 0.05) is 29.8 Å². The highest BCUT2D eigenvalue weighted by Gasteiger charge is 2.27. The molecule has 88 valence electrons. The third-order valence-corrected chi connectivity index (χ3v) is 3.29. The van der Waals surface area contributed by atoms with Crippen LogP contribution in [0.2, 0.25) is 5.02 Å². The van der Waals surface area contributed by atoms with Crippen molar-refractivity contribution in [2.45, 2.75) is 38.3 Å². The molecule has 0 bridgehead atoms. The third-order valence-electron chi connectivity index (χ3n) is 3.06. The molecule has 2 rings (SSSR count). The zero-order valence-corrected chi connectivity index (χ0v) is 10.7. The molecular weight excluding hydrogens is 220 g/mol. The number of hydrogen-bond donors (Lipinski definition) is 1. The van der Waals surface area contributed by atoms with E-state index in [1.54, 1.807) is 0 Å². The van der Waals surface area contributed by atoms with E-state index in [1.165, 1.54) is 24.1 Å². The highest BCUT2D eigenvalue weighted by molar-refractivity contribution is 6.30. The van der Waals surface area contributed by atoms with Crippen molar-refractivity contribution in [1.29, 1.82) is 0 Å². The average Bonchev–Trinajstić information content (AvgIpc) is 2.99. The second-order valence-electron chi connectivity index (χ2n) is 4.80. The molecule has 1 unspecified atom stereocenters. The van der Waals surface area contributed by atoms with Crippen molar-refractivity contribution in [1.82, 2.24) is 0 Å². The van der Waals surface area contributed by atoms with E-state index in [1.807, 2.05) is 19.1 Å². The van der Waals surface area contributed by atoms with Gasteiger partial charge in [0.1, 0.15) is 0 Å². The average molecular weight is 239 g/mol. The van der Waals surface area contributed by atoms with Crippen LogP contribution in [0.4, 0.5) is 5.69 Å². The van der Waals surface area contributed by atoms with E-state index >= 15 is 0 Å². The first kappa shape index (κ1) is 11.7. The van der Waals surface area contributed by atoms with Crippen LogP contribution in [0.15, 0.2) is 18.2 Å². The number of anilines is 1. The van der Waals surface area contributed by atoms with Gasteiger partial charge in [0.15, 0.2) is 0 Å². The van der Waals surface area contributed by atoms with Crippen LogP contribution in [0.1, 0.15) is 25.3 Å². The van der Waals surface area contributed by atoms with Crippen molar-refractivity contribution in [2.75, 3.05) is 11.9 Å². The fourth-order valence-corrected chi connectivity index (χ4v) is 2.26. The van der Waals surface area contributed by atoms with Crippen LogP contribution in [0, 0.1) is 0 Å². The van der Waals surface area contributed by atoms with Gasteiger partial charge in [-0.3, -0.25) is 0 Å². The van der Waals surface area contributed by atoms with Gasteiger partial charge >= 0.3 is 0 Å². The van der Waals surface area contributed by atoms with E-state index in [-0.39, 0.29) is 6.04 Å². The third kappa shape index (κ3) is 2.69. The Morgan fingerprint density at radius 1 is 1.50 bits per heavy atom. The van der Waals surface area contributed by atoms with Gasteiger partial charge in [0.2, 0.25) is 0 Å². The molecule has 0 spiro atoms. The van der Waals surface area contributed by atoms with E-state index in [4.69, 9.17) is 17.3 Å². The number of rotatable bonds is 4. The van der Waals surface area contributed by atoms with E-state index in [2.05, 4.69) is 18.0 Å². The lowest BCUT2D eigenvalue weighted by Crippen LogP contribution is -2.24. The van der Waals surface area contributed by atoms with E-state index in [0.29, 0.717) is 6.04 Å². The van der Waals surface area contributed by atoms with E-state index in [9.17, 15) is 0 Å². The lowest BCUT2D eigenvalue weighted by molar-refractivity contribution is 0.734. The monoisotopic (exact) mass is 238 g/mol. The summed E-state index contributed by atoms with van der Waals surface area (Å²) in [6, 6.07) is 7.00. The molecule has 0 amide bonds. The summed E-state index contributed by atoms with van der Waals surface area (Å²) in [4.78, 5) is 2.36. The highest BCUT2D eigenvalue weighted by atomic mass is 35.5. The van der Waals surface area contributed by atoms with Crippen LogP contribution < -0.4 is 10.6 Å². The summed E-state index contributed by atoms with van der Waals surface area (Å²) in [7, 11) is 2.16. The smallest absolute Gasteiger partial charge is 0.0410 e. The summed E-state index contributed by atoms with van der Waals surface area (Å²) in [6.45, 7) is 2.03. The van der Waals surface area contributed by atoms with Crippen LogP contribution in [0.3, 0.4) is 0 Å². The summed E-state index contributed by atoms with van der Waals surface area (Å²) in [5.74, 6) is 0. The first-order chi connectivity index (χ1) is 7.58. The molecule has 1 aromatic carbocycles. The SMILES string of the molecule is CC(N)Cc1cc(Cl)ccc1N(C)C1CC1. The second-order valence-corrected chi connectivity index (χ2v) is 5.23. The van der Waals surface area contributed by atoms with Gasteiger partial charge in [0.25, 0.3) is 0 Å². The van der Waals surface area contributed by atoms with Crippen molar-refractivity contribution < 1.29 is 0 Å². The topological polar surface area (TPSA) is 29.3 Å². The zero-order chi connectivity index (χ0) is 11.7. The maximum Gasteiger partial charge on any atom is 0.0410 e. The summed E-state index contributed by atoms with van der Waals surface area (Å²) in [6.07, 6.45) is 3.49. The first-order valence-corrected chi connectivity index (χ1v) is 6.22. The Morgan fingerprint density at radius 3 is 2.75 bits per heavy atom. The molecule has 0 aliphatic heterocycles. The second kappa shape index (κ2) is 4.64. The molecule has 2 N–H and O–H groups in total. The Morgan fingerprint density at radius 2 is 2.19 bits per heavy atom. The van der Waals surface area contributed by atoms with Gasteiger partial charge in [-0.25, -0.2) is 0 Å². The quantitative estimate of drug-likeness (QED) is 0.874. The normalized spacial score (nSPS) is 17.2. The number of benzene rings is 1. The lowest BCUT2D eigenvalue weighted by Gasteiger charge is -2.23. The van der Waals surface area contributed by atoms with Gasteiger partial charge in [-0.1, -0.05) is 11.6 Å². The van der Waals surface area contributed by atoms with Gasteiger partial charge in [-0.2, -0.15) is 0 Å². The zero-order valence-electron chi connectivity index (χ0n) is 9.91. The van der Waals surface area contributed by atoms with Crippen molar-refractivity contribution in [3.63, 3.8) is 0 Å². The van der Waals surface area contributed by atoms with Crippen LogP contribution in [-0.4, -0.2) is 19.1 Å². The molecule has 0 radical (unpaired) electrons. The first-order valence-electron chi connectivity index (χ1n) is 5.85. The predicted octanol–water partition coefficient (Wildman–Crippen LogP) is 2.83. The Balaban J connectivity index is 2.27. The molecule has 2 nitrogen and oxygen atoms in total. The van der Waals surface area contributed by atoms with Crippen LogP contribution in [0.5, 0.6) is 0 Å². The van der Waals surface area contributed by atoms with E-state index in [0.717, 1.165) is 11.4 Å². The molecule has 1 aliphatic rings. The molecule has 3 heteroatoms. The Bertz CT molecular complexity index is 372. The summed E-state index contributed by atoms with van der Waals surface area (Å²) in [5, 5.41) is 0.795. The lowest BCUT2D eigenvalue weighted by atomic mass is 10.0. The van der Waals surface area contributed by atoms with Gasteiger partial charge in [-0.05, 0) is 49.9 Å².